The summed E-state index contributed by atoms with van der Waals surface area (Å²) in [5.41, 5.74) is 3.25. The standard InChI is InChI=1S/C24H27N/c1-2-6-17-25(16-5-1)24-11-7-10-20-22-13-12-18-8-3-4-9-19(18)21(22)14-15-23(20)24/h3-4,8-9,12-15,24H,1-2,5-7,10-11,16-17H2. The highest BCUT2D eigenvalue weighted by molar-refractivity contribution is 6.08. The third-order valence-corrected chi connectivity index (χ3v) is 6.42. The number of hydrogen-bond donors (Lipinski definition) is 0. The second-order valence-corrected chi connectivity index (χ2v) is 7.87. The lowest BCUT2D eigenvalue weighted by Gasteiger charge is -2.36. The minimum Gasteiger partial charge on any atom is -0.296 e. The monoisotopic (exact) mass is 329 g/mol. The van der Waals surface area contributed by atoms with E-state index >= 15 is 0 Å². The molecule has 1 aliphatic heterocycles. The Morgan fingerprint density at radius 1 is 0.680 bits per heavy atom. The smallest absolute Gasteiger partial charge is 0.0351 e. The fourth-order valence-electron chi connectivity index (χ4n) is 5.17. The molecule has 3 aromatic rings. The van der Waals surface area contributed by atoms with Gasteiger partial charge in [-0.2, -0.15) is 0 Å². The van der Waals surface area contributed by atoms with Gasteiger partial charge in [-0.25, -0.2) is 0 Å². The number of likely N-dealkylation sites (tertiary alicyclic amines) is 1. The van der Waals surface area contributed by atoms with Crippen LogP contribution < -0.4 is 0 Å². The van der Waals surface area contributed by atoms with Crippen molar-refractivity contribution in [2.75, 3.05) is 13.1 Å². The Morgan fingerprint density at radius 3 is 2.36 bits per heavy atom. The molecule has 0 amide bonds. The van der Waals surface area contributed by atoms with Gasteiger partial charge in [0.25, 0.3) is 0 Å². The van der Waals surface area contributed by atoms with Crippen molar-refractivity contribution in [3.05, 3.63) is 59.7 Å². The second-order valence-electron chi connectivity index (χ2n) is 7.87. The van der Waals surface area contributed by atoms with Crippen LogP contribution in [-0.2, 0) is 6.42 Å². The molecule has 2 aliphatic rings. The average Bonchev–Trinajstić information content (AvgIpc) is 2.96. The van der Waals surface area contributed by atoms with Gasteiger partial charge in [0.05, 0.1) is 0 Å². The van der Waals surface area contributed by atoms with Gasteiger partial charge in [-0.15, -0.1) is 0 Å². The predicted molar refractivity (Wildman–Crippen MR) is 107 cm³/mol. The highest BCUT2D eigenvalue weighted by Crippen LogP contribution is 2.40. The second kappa shape index (κ2) is 6.46. The molecule has 1 heteroatoms. The lowest BCUT2D eigenvalue weighted by atomic mass is 9.83. The number of benzene rings is 3. The van der Waals surface area contributed by atoms with E-state index in [4.69, 9.17) is 0 Å². The van der Waals surface area contributed by atoms with Crippen LogP contribution in [0.15, 0.2) is 48.5 Å². The summed E-state index contributed by atoms with van der Waals surface area (Å²) in [6.45, 7) is 2.58. The first-order valence-corrected chi connectivity index (χ1v) is 10.1. The number of nitrogens with zero attached hydrogens (tertiary/aromatic N) is 1. The molecule has 1 unspecified atom stereocenters. The van der Waals surface area contributed by atoms with E-state index in [-0.39, 0.29) is 0 Å². The van der Waals surface area contributed by atoms with Crippen molar-refractivity contribution in [1.29, 1.82) is 0 Å². The molecule has 128 valence electrons. The third-order valence-electron chi connectivity index (χ3n) is 6.42. The van der Waals surface area contributed by atoms with E-state index in [1.54, 1.807) is 11.1 Å². The van der Waals surface area contributed by atoms with E-state index < -0.39 is 0 Å². The Hall–Kier alpha value is -1.86. The van der Waals surface area contributed by atoms with Crippen LogP contribution in [0.5, 0.6) is 0 Å². The normalized spacial score (nSPS) is 22.0. The molecule has 0 radical (unpaired) electrons. The molecule has 1 saturated heterocycles. The average molecular weight is 329 g/mol. The largest absolute Gasteiger partial charge is 0.296 e. The van der Waals surface area contributed by atoms with Crippen molar-refractivity contribution < 1.29 is 0 Å². The van der Waals surface area contributed by atoms with Gasteiger partial charge >= 0.3 is 0 Å². The molecular formula is C24H27N. The van der Waals surface area contributed by atoms with Gasteiger partial charge in [-0.1, -0.05) is 61.4 Å². The molecule has 3 aromatic carbocycles. The summed E-state index contributed by atoms with van der Waals surface area (Å²) >= 11 is 0. The Kier molecular flexibility index (Phi) is 3.98. The van der Waals surface area contributed by atoms with Crippen LogP contribution in [0.1, 0.15) is 55.7 Å². The first-order valence-electron chi connectivity index (χ1n) is 10.1. The van der Waals surface area contributed by atoms with Crippen LogP contribution in [0.4, 0.5) is 0 Å². The van der Waals surface area contributed by atoms with Gasteiger partial charge in [0.15, 0.2) is 0 Å². The summed E-state index contributed by atoms with van der Waals surface area (Å²) in [6, 6.07) is 19.0. The molecule has 0 bridgehead atoms. The molecule has 1 atom stereocenters. The van der Waals surface area contributed by atoms with Crippen molar-refractivity contribution >= 4 is 21.5 Å². The summed E-state index contributed by atoms with van der Waals surface area (Å²) in [6.07, 6.45) is 9.51. The van der Waals surface area contributed by atoms with Crippen LogP contribution in [0.3, 0.4) is 0 Å². The van der Waals surface area contributed by atoms with Gasteiger partial charge < -0.3 is 0 Å². The molecule has 1 aliphatic carbocycles. The van der Waals surface area contributed by atoms with Crippen molar-refractivity contribution in [3.63, 3.8) is 0 Å². The number of hydrogen-bond acceptors (Lipinski definition) is 1. The van der Waals surface area contributed by atoms with E-state index in [1.807, 2.05) is 0 Å². The molecule has 0 saturated carbocycles. The molecule has 0 spiro atoms. The Bertz CT molecular complexity index is 903. The molecule has 0 aromatic heterocycles. The van der Waals surface area contributed by atoms with Crippen LogP contribution in [0, 0.1) is 0 Å². The minimum absolute atomic E-state index is 0.651. The van der Waals surface area contributed by atoms with E-state index in [0.717, 1.165) is 0 Å². The highest BCUT2D eigenvalue weighted by atomic mass is 15.2. The van der Waals surface area contributed by atoms with Gasteiger partial charge in [0.1, 0.15) is 0 Å². The molecule has 1 fully saturated rings. The Labute approximate surface area is 150 Å². The molecule has 25 heavy (non-hydrogen) atoms. The zero-order valence-electron chi connectivity index (χ0n) is 15.0. The zero-order chi connectivity index (χ0) is 16.6. The Morgan fingerprint density at radius 2 is 1.48 bits per heavy atom. The van der Waals surface area contributed by atoms with Gasteiger partial charge in [-0.05, 0) is 77.9 Å². The van der Waals surface area contributed by atoms with Crippen LogP contribution in [0.25, 0.3) is 21.5 Å². The van der Waals surface area contributed by atoms with E-state index in [1.165, 1.54) is 79.6 Å². The summed E-state index contributed by atoms with van der Waals surface area (Å²) in [5.74, 6) is 0. The summed E-state index contributed by atoms with van der Waals surface area (Å²) in [4.78, 5) is 2.79. The SMILES string of the molecule is c1ccc2c(c1)ccc1c3c(ccc12)C(N1CCCCCC1)CCC3. The topological polar surface area (TPSA) is 3.24 Å². The van der Waals surface area contributed by atoms with Crippen molar-refractivity contribution in [2.24, 2.45) is 0 Å². The van der Waals surface area contributed by atoms with Gasteiger partial charge in [0, 0.05) is 6.04 Å². The predicted octanol–water partition coefficient (Wildman–Crippen LogP) is 6.25. The lowest BCUT2D eigenvalue weighted by Crippen LogP contribution is -2.32. The summed E-state index contributed by atoms with van der Waals surface area (Å²) in [5, 5.41) is 5.69. The molecule has 1 heterocycles. The van der Waals surface area contributed by atoms with E-state index in [9.17, 15) is 0 Å². The van der Waals surface area contributed by atoms with E-state index in [0.29, 0.717) is 6.04 Å². The van der Waals surface area contributed by atoms with E-state index in [2.05, 4.69) is 53.4 Å². The third kappa shape index (κ3) is 2.66. The van der Waals surface area contributed by atoms with Gasteiger partial charge in [0.2, 0.25) is 0 Å². The fraction of sp³-hybridized carbons (Fsp3) is 0.417. The molecule has 5 rings (SSSR count). The number of aryl methyl sites for hydroxylation is 1. The van der Waals surface area contributed by atoms with Crippen molar-refractivity contribution in [1.82, 2.24) is 4.90 Å². The first kappa shape index (κ1) is 15.4. The number of fused-ring (bicyclic) bond motifs is 5. The molecular weight excluding hydrogens is 302 g/mol. The Balaban J connectivity index is 1.64. The summed E-state index contributed by atoms with van der Waals surface area (Å²) in [7, 11) is 0. The van der Waals surface area contributed by atoms with Crippen LogP contribution >= 0.6 is 0 Å². The minimum atomic E-state index is 0.651. The maximum atomic E-state index is 2.79. The summed E-state index contributed by atoms with van der Waals surface area (Å²) < 4.78 is 0. The molecule has 1 nitrogen and oxygen atoms in total. The zero-order valence-corrected chi connectivity index (χ0v) is 15.0. The van der Waals surface area contributed by atoms with Crippen LogP contribution in [0.2, 0.25) is 0 Å². The quantitative estimate of drug-likeness (QED) is 0.477. The first-order chi connectivity index (χ1) is 12.4. The lowest BCUT2D eigenvalue weighted by molar-refractivity contribution is 0.186. The maximum Gasteiger partial charge on any atom is 0.0351 e. The fourth-order valence-corrected chi connectivity index (χ4v) is 5.17. The van der Waals surface area contributed by atoms with Crippen LogP contribution in [-0.4, -0.2) is 18.0 Å². The highest BCUT2D eigenvalue weighted by Gasteiger charge is 2.27. The van der Waals surface area contributed by atoms with Crippen molar-refractivity contribution in [3.8, 4) is 0 Å². The van der Waals surface area contributed by atoms with Gasteiger partial charge in [-0.3, -0.25) is 4.90 Å². The maximum absolute atomic E-state index is 2.79. The van der Waals surface area contributed by atoms with Crippen molar-refractivity contribution in [2.45, 2.75) is 51.0 Å². The molecule has 0 N–H and O–H groups in total. The number of rotatable bonds is 1.